The molecule has 0 bridgehead atoms. The van der Waals surface area contributed by atoms with Crippen LogP contribution in [0, 0.1) is 6.92 Å². The summed E-state index contributed by atoms with van der Waals surface area (Å²) >= 11 is 0. The minimum absolute atomic E-state index is 0.264. The van der Waals surface area contributed by atoms with E-state index in [1.165, 1.54) is 6.07 Å². The molecule has 0 aliphatic carbocycles. The van der Waals surface area contributed by atoms with Gasteiger partial charge in [-0.25, -0.2) is 0 Å². The fourth-order valence-electron chi connectivity index (χ4n) is 2.48. The molecule has 1 aromatic heterocycles. The first kappa shape index (κ1) is 16.0. The summed E-state index contributed by atoms with van der Waals surface area (Å²) in [5.74, 6) is 0.630. The average Bonchev–Trinajstić information content (AvgIpc) is 2.46. The van der Waals surface area contributed by atoms with E-state index >= 15 is 0 Å². The molecule has 0 spiro atoms. The van der Waals surface area contributed by atoms with Crippen molar-refractivity contribution in [2.75, 3.05) is 45.9 Å². The van der Waals surface area contributed by atoms with Crippen LogP contribution in [0.25, 0.3) is 0 Å². The zero-order valence-electron chi connectivity index (χ0n) is 12.8. The van der Waals surface area contributed by atoms with Gasteiger partial charge in [-0.3, -0.25) is 14.6 Å². The molecule has 118 valence electrons. The van der Waals surface area contributed by atoms with Crippen LogP contribution in [0.1, 0.15) is 18.4 Å². The first-order chi connectivity index (χ1) is 10.1. The fraction of sp³-hybridized carbons (Fsp3) is 0.667. The molecule has 1 aromatic rings. The molecule has 1 aliphatic rings. The van der Waals surface area contributed by atoms with Crippen LogP contribution in [-0.4, -0.2) is 60.8 Å². The lowest BCUT2D eigenvalue weighted by Gasteiger charge is -2.34. The first-order valence-electron chi connectivity index (χ1n) is 7.45. The standard InChI is InChI=1S/C15H24N2O4/c1-3-20-9-8-16-4-6-17(7-5-16)11-14-15(19)13(18)10-12(2)21-14/h10,19H,3-9,11H2,1-2H3. The molecule has 1 aliphatic heterocycles. The van der Waals surface area contributed by atoms with Crippen molar-refractivity contribution in [1.29, 1.82) is 0 Å². The topological polar surface area (TPSA) is 66.2 Å². The van der Waals surface area contributed by atoms with E-state index in [-0.39, 0.29) is 11.2 Å². The number of ether oxygens (including phenoxy) is 1. The van der Waals surface area contributed by atoms with Gasteiger partial charge in [0.25, 0.3) is 0 Å². The van der Waals surface area contributed by atoms with Gasteiger partial charge >= 0.3 is 0 Å². The highest BCUT2D eigenvalue weighted by Gasteiger charge is 2.19. The van der Waals surface area contributed by atoms with Crippen molar-refractivity contribution in [3.8, 4) is 5.75 Å². The second-order valence-corrected chi connectivity index (χ2v) is 5.31. The van der Waals surface area contributed by atoms with E-state index in [0.29, 0.717) is 18.1 Å². The molecule has 0 aromatic carbocycles. The highest BCUT2D eigenvalue weighted by molar-refractivity contribution is 5.24. The third kappa shape index (κ3) is 4.56. The van der Waals surface area contributed by atoms with E-state index < -0.39 is 0 Å². The van der Waals surface area contributed by atoms with Crippen molar-refractivity contribution in [2.24, 2.45) is 0 Å². The van der Waals surface area contributed by atoms with Crippen molar-refractivity contribution in [1.82, 2.24) is 9.80 Å². The van der Waals surface area contributed by atoms with Crippen LogP contribution in [0.4, 0.5) is 0 Å². The van der Waals surface area contributed by atoms with Crippen LogP contribution in [0.15, 0.2) is 15.3 Å². The third-order valence-electron chi connectivity index (χ3n) is 3.70. The van der Waals surface area contributed by atoms with Crippen LogP contribution in [0.2, 0.25) is 0 Å². The molecule has 0 unspecified atom stereocenters. The lowest BCUT2D eigenvalue weighted by atomic mass is 10.2. The van der Waals surface area contributed by atoms with Crippen LogP contribution >= 0.6 is 0 Å². The number of nitrogens with zero attached hydrogens (tertiary/aromatic N) is 2. The van der Waals surface area contributed by atoms with Gasteiger partial charge in [0, 0.05) is 45.4 Å². The van der Waals surface area contributed by atoms with Crippen LogP contribution in [-0.2, 0) is 11.3 Å². The summed E-state index contributed by atoms with van der Waals surface area (Å²) in [5, 5.41) is 9.79. The zero-order chi connectivity index (χ0) is 15.2. The fourth-order valence-corrected chi connectivity index (χ4v) is 2.48. The summed E-state index contributed by atoms with van der Waals surface area (Å²) in [6, 6.07) is 1.31. The Morgan fingerprint density at radius 1 is 1.29 bits per heavy atom. The van der Waals surface area contributed by atoms with Crippen molar-refractivity contribution in [3.63, 3.8) is 0 Å². The quantitative estimate of drug-likeness (QED) is 0.784. The highest BCUT2D eigenvalue weighted by atomic mass is 16.5. The van der Waals surface area contributed by atoms with Crippen molar-refractivity contribution in [3.05, 3.63) is 27.8 Å². The molecule has 6 heteroatoms. The van der Waals surface area contributed by atoms with E-state index in [2.05, 4.69) is 9.80 Å². The van der Waals surface area contributed by atoms with E-state index in [4.69, 9.17) is 9.15 Å². The lowest BCUT2D eigenvalue weighted by Crippen LogP contribution is -2.46. The summed E-state index contributed by atoms with van der Waals surface area (Å²) in [6.07, 6.45) is 0. The zero-order valence-corrected chi connectivity index (χ0v) is 12.8. The highest BCUT2D eigenvalue weighted by Crippen LogP contribution is 2.16. The molecule has 21 heavy (non-hydrogen) atoms. The van der Waals surface area contributed by atoms with Gasteiger partial charge in [-0.15, -0.1) is 0 Å². The van der Waals surface area contributed by atoms with Gasteiger partial charge in [-0.05, 0) is 13.8 Å². The Morgan fingerprint density at radius 2 is 1.95 bits per heavy atom. The predicted octanol–water partition coefficient (Wildman–Crippen LogP) is 0.808. The maximum atomic E-state index is 11.6. The Hall–Kier alpha value is -1.37. The Labute approximate surface area is 124 Å². The predicted molar refractivity (Wildman–Crippen MR) is 79.6 cm³/mol. The van der Waals surface area contributed by atoms with Gasteiger partial charge in [0.1, 0.15) is 5.76 Å². The summed E-state index contributed by atoms with van der Waals surface area (Å²) in [6.45, 7) is 10.4. The summed E-state index contributed by atoms with van der Waals surface area (Å²) in [5.41, 5.74) is -0.371. The molecule has 0 atom stereocenters. The van der Waals surface area contributed by atoms with Crippen molar-refractivity contribution >= 4 is 0 Å². The molecule has 2 heterocycles. The molecule has 6 nitrogen and oxygen atoms in total. The smallest absolute Gasteiger partial charge is 0.227 e. The van der Waals surface area contributed by atoms with Crippen LogP contribution < -0.4 is 5.43 Å². The Balaban J connectivity index is 1.85. The SMILES string of the molecule is CCOCCN1CCN(Cc2oc(C)cc(=O)c2O)CC1. The number of aromatic hydroxyl groups is 1. The van der Waals surface area contributed by atoms with Gasteiger partial charge in [0.05, 0.1) is 13.2 Å². The lowest BCUT2D eigenvalue weighted by molar-refractivity contribution is 0.0755. The van der Waals surface area contributed by atoms with E-state index in [9.17, 15) is 9.90 Å². The van der Waals surface area contributed by atoms with E-state index in [1.54, 1.807) is 6.92 Å². The molecule has 1 fully saturated rings. The van der Waals surface area contributed by atoms with Gasteiger partial charge in [0.15, 0.2) is 5.76 Å². The van der Waals surface area contributed by atoms with Gasteiger partial charge in [-0.1, -0.05) is 0 Å². The Kier molecular flexibility index (Phi) is 5.78. The second kappa shape index (κ2) is 7.59. The van der Waals surface area contributed by atoms with Gasteiger partial charge in [-0.2, -0.15) is 0 Å². The van der Waals surface area contributed by atoms with E-state index in [0.717, 1.165) is 45.9 Å². The molecule has 1 saturated heterocycles. The molecule has 1 N–H and O–H groups in total. The largest absolute Gasteiger partial charge is 0.502 e. The van der Waals surface area contributed by atoms with Crippen LogP contribution in [0.3, 0.4) is 0 Å². The van der Waals surface area contributed by atoms with Crippen LogP contribution in [0.5, 0.6) is 5.75 Å². The number of hydrogen-bond acceptors (Lipinski definition) is 6. The minimum atomic E-state index is -0.371. The van der Waals surface area contributed by atoms with Gasteiger partial charge in [0.2, 0.25) is 11.2 Å². The van der Waals surface area contributed by atoms with Gasteiger partial charge < -0.3 is 14.3 Å². The van der Waals surface area contributed by atoms with Crippen molar-refractivity contribution in [2.45, 2.75) is 20.4 Å². The van der Waals surface area contributed by atoms with Crippen molar-refractivity contribution < 1.29 is 14.3 Å². The summed E-state index contributed by atoms with van der Waals surface area (Å²) < 4.78 is 10.8. The molecule has 0 radical (unpaired) electrons. The maximum absolute atomic E-state index is 11.6. The number of hydrogen-bond donors (Lipinski definition) is 1. The molecule has 0 amide bonds. The molecular weight excluding hydrogens is 272 g/mol. The second-order valence-electron chi connectivity index (χ2n) is 5.31. The maximum Gasteiger partial charge on any atom is 0.227 e. The molecule has 2 rings (SSSR count). The Bertz CT molecular complexity index is 507. The first-order valence-corrected chi connectivity index (χ1v) is 7.45. The minimum Gasteiger partial charge on any atom is -0.502 e. The monoisotopic (exact) mass is 296 g/mol. The number of piperazine rings is 1. The van der Waals surface area contributed by atoms with E-state index in [1.807, 2.05) is 6.92 Å². The third-order valence-corrected chi connectivity index (χ3v) is 3.70. The number of rotatable bonds is 6. The summed E-state index contributed by atoms with van der Waals surface area (Å²) in [7, 11) is 0. The normalized spacial score (nSPS) is 17.2. The average molecular weight is 296 g/mol. The summed E-state index contributed by atoms with van der Waals surface area (Å²) in [4.78, 5) is 16.1. The Morgan fingerprint density at radius 3 is 2.62 bits per heavy atom. The molecule has 0 saturated carbocycles. The molecular formula is C15H24N2O4. The number of aryl methyl sites for hydroxylation is 1.